The third-order valence-corrected chi connectivity index (χ3v) is 3.08. The number of anilines is 1. The number of unbranched alkanes of at least 4 members (excludes halogenated alkanes) is 1. The minimum Gasteiger partial charge on any atom is -0.399 e. The summed E-state index contributed by atoms with van der Waals surface area (Å²) in [6.45, 7) is 5.65. The first-order chi connectivity index (χ1) is 8.08. The number of nitrogen functional groups attached to an aromatic ring is 1. The van der Waals surface area contributed by atoms with E-state index in [2.05, 4.69) is 22.9 Å². The lowest BCUT2D eigenvalue weighted by Gasteiger charge is -2.21. The second kappa shape index (κ2) is 6.64. The topological polar surface area (TPSA) is 46.3 Å². The molecule has 2 N–H and O–H groups in total. The van der Waals surface area contributed by atoms with Crippen molar-refractivity contribution in [3.05, 3.63) is 28.2 Å². The average Bonchev–Trinajstić information content (AvgIpc) is 2.28. The standard InChI is InChI=1S/C13H19BrN2O/c1-3-5-6-16(4-2)13(17)10-7-11(14)9-12(15)8-10/h7-9H,3-6,15H2,1-2H3. The minimum atomic E-state index is 0.0500. The summed E-state index contributed by atoms with van der Waals surface area (Å²) in [6, 6.07) is 5.33. The van der Waals surface area contributed by atoms with E-state index in [9.17, 15) is 4.79 Å². The highest BCUT2D eigenvalue weighted by Gasteiger charge is 2.14. The molecular weight excluding hydrogens is 280 g/mol. The van der Waals surface area contributed by atoms with Crippen molar-refractivity contribution < 1.29 is 4.79 Å². The summed E-state index contributed by atoms with van der Waals surface area (Å²) < 4.78 is 0.840. The molecule has 1 rings (SSSR count). The molecule has 1 aromatic carbocycles. The highest BCUT2D eigenvalue weighted by molar-refractivity contribution is 9.10. The molecule has 0 aromatic heterocycles. The van der Waals surface area contributed by atoms with Crippen molar-refractivity contribution in [3.8, 4) is 0 Å². The van der Waals surface area contributed by atoms with E-state index < -0.39 is 0 Å². The molecule has 1 amide bonds. The molecule has 0 fully saturated rings. The van der Waals surface area contributed by atoms with Gasteiger partial charge < -0.3 is 10.6 Å². The van der Waals surface area contributed by atoms with Crippen LogP contribution in [0, 0.1) is 0 Å². The van der Waals surface area contributed by atoms with Gasteiger partial charge in [-0.1, -0.05) is 29.3 Å². The van der Waals surface area contributed by atoms with E-state index in [1.165, 1.54) is 0 Å². The largest absolute Gasteiger partial charge is 0.399 e. The number of hydrogen-bond donors (Lipinski definition) is 1. The Hall–Kier alpha value is -1.03. The van der Waals surface area contributed by atoms with Crippen molar-refractivity contribution in [1.29, 1.82) is 0 Å². The zero-order valence-electron chi connectivity index (χ0n) is 10.4. The number of hydrogen-bond acceptors (Lipinski definition) is 2. The fourth-order valence-electron chi connectivity index (χ4n) is 1.67. The fraction of sp³-hybridized carbons (Fsp3) is 0.462. The number of carbonyl (C=O) groups excluding carboxylic acids is 1. The van der Waals surface area contributed by atoms with Gasteiger partial charge in [-0.3, -0.25) is 4.79 Å². The van der Waals surface area contributed by atoms with E-state index in [1.807, 2.05) is 17.9 Å². The molecular formula is C13H19BrN2O. The smallest absolute Gasteiger partial charge is 0.253 e. The van der Waals surface area contributed by atoms with E-state index in [-0.39, 0.29) is 5.91 Å². The lowest BCUT2D eigenvalue weighted by Crippen LogP contribution is -2.31. The van der Waals surface area contributed by atoms with Gasteiger partial charge >= 0.3 is 0 Å². The van der Waals surface area contributed by atoms with Crippen LogP contribution in [0.1, 0.15) is 37.0 Å². The van der Waals surface area contributed by atoms with Crippen LogP contribution in [0.25, 0.3) is 0 Å². The maximum Gasteiger partial charge on any atom is 0.253 e. The number of nitrogens with two attached hydrogens (primary N) is 1. The van der Waals surface area contributed by atoms with Gasteiger partial charge in [0.25, 0.3) is 5.91 Å². The summed E-state index contributed by atoms with van der Waals surface area (Å²) >= 11 is 3.35. The van der Waals surface area contributed by atoms with Crippen LogP contribution in [0.2, 0.25) is 0 Å². The molecule has 0 saturated carbocycles. The van der Waals surface area contributed by atoms with Gasteiger partial charge in [-0.15, -0.1) is 0 Å². The highest BCUT2D eigenvalue weighted by Crippen LogP contribution is 2.18. The van der Waals surface area contributed by atoms with Gasteiger partial charge in [0.05, 0.1) is 0 Å². The predicted molar refractivity (Wildman–Crippen MR) is 75.0 cm³/mol. The van der Waals surface area contributed by atoms with E-state index in [0.717, 1.165) is 30.4 Å². The predicted octanol–water partition coefficient (Wildman–Crippen LogP) is 3.29. The lowest BCUT2D eigenvalue weighted by molar-refractivity contribution is 0.0762. The Balaban J connectivity index is 2.85. The van der Waals surface area contributed by atoms with Gasteiger partial charge in [0.2, 0.25) is 0 Å². The van der Waals surface area contributed by atoms with Crippen LogP contribution in [0.3, 0.4) is 0 Å². The Labute approximate surface area is 111 Å². The first-order valence-electron chi connectivity index (χ1n) is 5.93. The summed E-state index contributed by atoms with van der Waals surface area (Å²) in [5.74, 6) is 0.0500. The second-order valence-electron chi connectivity index (χ2n) is 4.01. The summed E-state index contributed by atoms with van der Waals surface area (Å²) in [6.07, 6.45) is 2.12. The number of nitrogens with zero attached hydrogens (tertiary/aromatic N) is 1. The van der Waals surface area contributed by atoms with Crippen LogP contribution in [0.5, 0.6) is 0 Å². The Morgan fingerprint density at radius 1 is 1.35 bits per heavy atom. The van der Waals surface area contributed by atoms with E-state index in [1.54, 1.807) is 12.1 Å². The van der Waals surface area contributed by atoms with Gasteiger partial charge in [0.1, 0.15) is 0 Å². The first-order valence-corrected chi connectivity index (χ1v) is 6.73. The second-order valence-corrected chi connectivity index (χ2v) is 4.93. The van der Waals surface area contributed by atoms with Gasteiger partial charge in [0, 0.05) is 28.8 Å². The Bertz CT molecular complexity index is 373. The van der Waals surface area contributed by atoms with Gasteiger partial charge in [-0.25, -0.2) is 0 Å². The minimum absolute atomic E-state index is 0.0500. The monoisotopic (exact) mass is 298 g/mol. The SMILES string of the molecule is CCCCN(CC)C(=O)c1cc(N)cc(Br)c1. The average molecular weight is 299 g/mol. The number of rotatable bonds is 5. The molecule has 0 spiro atoms. The van der Waals surface area contributed by atoms with Crippen molar-refractivity contribution in [3.63, 3.8) is 0 Å². The Morgan fingerprint density at radius 2 is 2.06 bits per heavy atom. The normalized spacial score (nSPS) is 10.3. The quantitative estimate of drug-likeness (QED) is 0.848. The number of amides is 1. The Morgan fingerprint density at radius 3 is 2.59 bits per heavy atom. The van der Waals surface area contributed by atoms with Crippen LogP contribution in [0.15, 0.2) is 22.7 Å². The molecule has 0 aliphatic heterocycles. The van der Waals surface area contributed by atoms with Crippen molar-refractivity contribution in [2.24, 2.45) is 0 Å². The van der Waals surface area contributed by atoms with Crippen molar-refractivity contribution in [1.82, 2.24) is 4.90 Å². The molecule has 0 aliphatic carbocycles. The summed E-state index contributed by atoms with van der Waals surface area (Å²) in [5, 5.41) is 0. The maximum atomic E-state index is 12.2. The van der Waals surface area contributed by atoms with Crippen LogP contribution in [-0.4, -0.2) is 23.9 Å². The van der Waals surface area contributed by atoms with Crippen LogP contribution < -0.4 is 5.73 Å². The number of carbonyl (C=O) groups is 1. The molecule has 94 valence electrons. The van der Waals surface area contributed by atoms with Crippen LogP contribution in [0.4, 0.5) is 5.69 Å². The zero-order valence-corrected chi connectivity index (χ0v) is 12.0. The van der Waals surface area contributed by atoms with Crippen LogP contribution in [-0.2, 0) is 0 Å². The fourth-order valence-corrected chi connectivity index (χ4v) is 2.18. The zero-order chi connectivity index (χ0) is 12.8. The van der Waals surface area contributed by atoms with Gasteiger partial charge in [0.15, 0.2) is 0 Å². The molecule has 0 atom stereocenters. The van der Waals surface area contributed by atoms with E-state index in [4.69, 9.17) is 5.73 Å². The molecule has 0 bridgehead atoms. The Kier molecular flexibility index (Phi) is 5.48. The molecule has 1 aromatic rings. The molecule has 0 saturated heterocycles. The molecule has 17 heavy (non-hydrogen) atoms. The van der Waals surface area contributed by atoms with E-state index >= 15 is 0 Å². The third-order valence-electron chi connectivity index (χ3n) is 2.62. The van der Waals surface area contributed by atoms with Crippen molar-refractivity contribution in [2.75, 3.05) is 18.8 Å². The first kappa shape index (κ1) is 14.0. The number of halogens is 1. The highest BCUT2D eigenvalue weighted by atomic mass is 79.9. The molecule has 4 heteroatoms. The van der Waals surface area contributed by atoms with Gasteiger partial charge in [-0.05, 0) is 31.5 Å². The summed E-state index contributed by atoms with van der Waals surface area (Å²) in [4.78, 5) is 14.1. The van der Waals surface area contributed by atoms with Crippen molar-refractivity contribution >= 4 is 27.5 Å². The van der Waals surface area contributed by atoms with Crippen molar-refractivity contribution in [2.45, 2.75) is 26.7 Å². The summed E-state index contributed by atoms with van der Waals surface area (Å²) in [5.41, 5.74) is 6.99. The molecule has 0 heterocycles. The third kappa shape index (κ3) is 4.04. The molecule has 0 unspecified atom stereocenters. The molecule has 0 aliphatic rings. The maximum absolute atomic E-state index is 12.2. The molecule has 0 radical (unpaired) electrons. The summed E-state index contributed by atoms with van der Waals surface area (Å²) in [7, 11) is 0. The lowest BCUT2D eigenvalue weighted by atomic mass is 10.1. The van der Waals surface area contributed by atoms with E-state index in [0.29, 0.717) is 11.3 Å². The van der Waals surface area contributed by atoms with Gasteiger partial charge in [-0.2, -0.15) is 0 Å². The number of benzene rings is 1. The molecule has 3 nitrogen and oxygen atoms in total. The van der Waals surface area contributed by atoms with Crippen LogP contribution >= 0.6 is 15.9 Å².